The summed E-state index contributed by atoms with van der Waals surface area (Å²) in [5, 5.41) is 14.3. The smallest absolute Gasteiger partial charge is 0.233 e. The molecule has 0 unspecified atom stereocenters. The number of carbonyl (C=O) groups excluding carboxylic acids is 1. The average Bonchev–Trinajstić information content (AvgIpc) is 2.30. The highest BCUT2D eigenvalue weighted by Gasteiger charge is 1.99. The molecule has 5 heteroatoms. The summed E-state index contributed by atoms with van der Waals surface area (Å²) < 4.78 is 0. The van der Waals surface area contributed by atoms with Crippen LogP contribution in [0.3, 0.4) is 0 Å². The third kappa shape index (κ3) is 4.07. The normalized spacial score (nSPS) is 9.50. The molecule has 0 spiro atoms. The van der Waals surface area contributed by atoms with Gasteiger partial charge in [0.2, 0.25) is 5.91 Å². The zero-order chi connectivity index (χ0) is 11.8. The highest BCUT2D eigenvalue weighted by Crippen LogP contribution is 1.99. The van der Waals surface area contributed by atoms with E-state index < -0.39 is 0 Å². The van der Waals surface area contributed by atoms with Crippen LogP contribution in [0, 0.1) is 11.3 Å². The van der Waals surface area contributed by atoms with E-state index in [9.17, 15) is 4.79 Å². The Labute approximate surface area is 94.5 Å². The van der Waals surface area contributed by atoms with Gasteiger partial charge < -0.3 is 10.6 Å². The lowest BCUT2D eigenvalue weighted by atomic mass is 10.2. The van der Waals surface area contributed by atoms with Gasteiger partial charge in [-0.3, -0.25) is 4.79 Å². The number of nitrogens with one attached hydrogen (secondary N) is 2. The minimum Gasteiger partial charge on any atom is -0.355 e. The highest BCUT2D eigenvalue weighted by atomic mass is 16.1. The Morgan fingerprint density at radius 3 is 3.12 bits per heavy atom. The van der Waals surface area contributed by atoms with Gasteiger partial charge in [-0.15, -0.1) is 0 Å². The molecule has 5 nitrogen and oxygen atoms in total. The van der Waals surface area contributed by atoms with Gasteiger partial charge in [0.15, 0.2) is 0 Å². The lowest BCUT2D eigenvalue weighted by Crippen LogP contribution is -2.33. The number of carbonyl (C=O) groups is 1. The van der Waals surface area contributed by atoms with Gasteiger partial charge in [0, 0.05) is 19.3 Å². The molecule has 0 aliphatic carbocycles. The van der Waals surface area contributed by atoms with Gasteiger partial charge in [0.05, 0.1) is 6.54 Å². The van der Waals surface area contributed by atoms with E-state index >= 15 is 0 Å². The van der Waals surface area contributed by atoms with E-state index in [4.69, 9.17) is 5.26 Å². The van der Waals surface area contributed by atoms with Gasteiger partial charge in [0.25, 0.3) is 0 Å². The summed E-state index contributed by atoms with van der Waals surface area (Å²) in [6, 6.07) is 5.48. The Kier molecular flexibility index (Phi) is 4.96. The van der Waals surface area contributed by atoms with Crippen LogP contribution >= 0.6 is 0 Å². The van der Waals surface area contributed by atoms with E-state index in [0.717, 1.165) is 5.56 Å². The van der Waals surface area contributed by atoms with Gasteiger partial charge in [-0.05, 0) is 24.6 Å². The molecule has 1 aromatic rings. The summed E-state index contributed by atoms with van der Waals surface area (Å²) in [7, 11) is 0. The first kappa shape index (κ1) is 12.1. The molecule has 16 heavy (non-hydrogen) atoms. The molecule has 2 N–H and O–H groups in total. The summed E-state index contributed by atoms with van der Waals surface area (Å²) in [5.74, 6) is -0.0305. The summed E-state index contributed by atoms with van der Waals surface area (Å²) in [4.78, 5) is 15.0. The molecular weight excluding hydrogens is 204 g/mol. The number of aromatic nitrogens is 1. The van der Waals surface area contributed by atoms with E-state index in [2.05, 4.69) is 15.6 Å². The number of amides is 1. The first-order chi connectivity index (χ1) is 7.76. The van der Waals surface area contributed by atoms with Crippen LogP contribution in [-0.4, -0.2) is 24.0 Å². The van der Waals surface area contributed by atoms with Crippen LogP contribution in [-0.2, 0) is 11.3 Å². The maximum absolute atomic E-state index is 11.1. The van der Waals surface area contributed by atoms with Crippen molar-refractivity contribution in [3.05, 3.63) is 29.6 Å². The average molecular weight is 218 g/mol. The molecule has 0 atom stereocenters. The maximum atomic E-state index is 11.1. The topological polar surface area (TPSA) is 77.8 Å². The fourth-order valence-corrected chi connectivity index (χ4v) is 1.23. The third-order valence-corrected chi connectivity index (χ3v) is 1.93. The first-order valence-corrected chi connectivity index (χ1v) is 5.08. The van der Waals surface area contributed by atoms with Crippen LogP contribution in [0.5, 0.6) is 0 Å². The molecule has 1 aromatic heterocycles. The second-order valence-corrected chi connectivity index (χ2v) is 3.22. The van der Waals surface area contributed by atoms with Gasteiger partial charge >= 0.3 is 0 Å². The maximum Gasteiger partial charge on any atom is 0.233 e. The standard InChI is InChI=1S/C11H14N4O/c1-2-14-11(16)8-13-7-9-3-4-15-10(5-9)6-12/h3-5,13H,2,7-8H2,1H3,(H,14,16). The lowest BCUT2D eigenvalue weighted by molar-refractivity contribution is -0.120. The number of pyridine rings is 1. The zero-order valence-electron chi connectivity index (χ0n) is 9.16. The second-order valence-electron chi connectivity index (χ2n) is 3.22. The van der Waals surface area contributed by atoms with Crippen LogP contribution < -0.4 is 10.6 Å². The summed E-state index contributed by atoms with van der Waals surface area (Å²) in [6.07, 6.45) is 1.59. The van der Waals surface area contributed by atoms with Gasteiger partial charge in [-0.2, -0.15) is 5.26 Å². The van der Waals surface area contributed by atoms with Gasteiger partial charge in [-0.25, -0.2) is 4.98 Å². The number of likely N-dealkylation sites (N-methyl/N-ethyl adjacent to an activating group) is 1. The Balaban J connectivity index is 2.37. The first-order valence-electron chi connectivity index (χ1n) is 5.08. The molecular formula is C11H14N4O. The molecule has 1 heterocycles. The summed E-state index contributed by atoms with van der Waals surface area (Å²) in [6.45, 7) is 3.33. The fourth-order valence-electron chi connectivity index (χ4n) is 1.23. The van der Waals surface area contributed by atoms with E-state index in [1.807, 2.05) is 19.1 Å². The van der Waals surface area contributed by atoms with Crippen LogP contribution in [0.25, 0.3) is 0 Å². The molecule has 1 rings (SSSR count). The third-order valence-electron chi connectivity index (χ3n) is 1.93. The van der Waals surface area contributed by atoms with Crippen molar-refractivity contribution in [3.8, 4) is 6.07 Å². The molecule has 0 radical (unpaired) electrons. The number of hydrogen-bond donors (Lipinski definition) is 2. The van der Waals surface area contributed by atoms with Crippen molar-refractivity contribution in [2.75, 3.05) is 13.1 Å². The minimum atomic E-state index is -0.0305. The summed E-state index contributed by atoms with van der Waals surface area (Å²) in [5.41, 5.74) is 1.33. The molecule has 0 aromatic carbocycles. The van der Waals surface area contributed by atoms with Crippen molar-refractivity contribution in [2.45, 2.75) is 13.5 Å². The van der Waals surface area contributed by atoms with E-state index in [1.165, 1.54) is 0 Å². The van der Waals surface area contributed by atoms with E-state index in [1.54, 1.807) is 12.3 Å². The van der Waals surface area contributed by atoms with E-state index in [0.29, 0.717) is 18.8 Å². The molecule has 0 aliphatic heterocycles. The molecule has 0 bridgehead atoms. The number of nitriles is 1. The van der Waals surface area contributed by atoms with Crippen molar-refractivity contribution in [1.29, 1.82) is 5.26 Å². The number of nitrogens with zero attached hydrogens (tertiary/aromatic N) is 2. The predicted molar refractivity (Wildman–Crippen MR) is 59.3 cm³/mol. The Hall–Kier alpha value is -1.93. The molecule has 84 valence electrons. The summed E-state index contributed by atoms with van der Waals surface area (Å²) >= 11 is 0. The van der Waals surface area contributed by atoms with Crippen LogP contribution in [0.15, 0.2) is 18.3 Å². The fraction of sp³-hybridized carbons (Fsp3) is 0.364. The van der Waals surface area contributed by atoms with Crippen LogP contribution in [0.4, 0.5) is 0 Å². The number of rotatable bonds is 5. The Morgan fingerprint density at radius 1 is 1.62 bits per heavy atom. The largest absolute Gasteiger partial charge is 0.355 e. The zero-order valence-corrected chi connectivity index (χ0v) is 9.16. The van der Waals surface area contributed by atoms with Crippen molar-refractivity contribution in [1.82, 2.24) is 15.6 Å². The van der Waals surface area contributed by atoms with Crippen LogP contribution in [0.2, 0.25) is 0 Å². The SMILES string of the molecule is CCNC(=O)CNCc1ccnc(C#N)c1. The highest BCUT2D eigenvalue weighted by molar-refractivity contribution is 5.77. The molecule has 0 saturated carbocycles. The molecule has 0 aliphatic rings. The molecule has 0 fully saturated rings. The van der Waals surface area contributed by atoms with E-state index in [-0.39, 0.29) is 12.5 Å². The number of hydrogen-bond acceptors (Lipinski definition) is 4. The van der Waals surface area contributed by atoms with Crippen LogP contribution in [0.1, 0.15) is 18.2 Å². The van der Waals surface area contributed by atoms with Crippen molar-refractivity contribution < 1.29 is 4.79 Å². The van der Waals surface area contributed by atoms with Crippen molar-refractivity contribution >= 4 is 5.91 Å². The molecule has 1 amide bonds. The minimum absolute atomic E-state index is 0.0305. The lowest BCUT2D eigenvalue weighted by Gasteiger charge is -2.04. The van der Waals surface area contributed by atoms with Gasteiger partial charge in [-0.1, -0.05) is 0 Å². The Morgan fingerprint density at radius 2 is 2.44 bits per heavy atom. The molecule has 0 saturated heterocycles. The Bertz CT molecular complexity index is 397. The second kappa shape index (κ2) is 6.53. The van der Waals surface area contributed by atoms with Gasteiger partial charge in [0.1, 0.15) is 11.8 Å². The van der Waals surface area contributed by atoms with Crippen molar-refractivity contribution in [3.63, 3.8) is 0 Å². The quantitative estimate of drug-likeness (QED) is 0.739. The monoisotopic (exact) mass is 218 g/mol. The van der Waals surface area contributed by atoms with Crippen molar-refractivity contribution in [2.24, 2.45) is 0 Å². The predicted octanol–water partition coefficient (Wildman–Crippen LogP) is 0.179.